The molecule has 3 heteroatoms. The highest BCUT2D eigenvalue weighted by Crippen LogP contribution is 2.14. The Hall–Kier alpha value is -1.84. The van der Waals surface area contributed by atoms with Gasteiger partial charge in [-0.05, 0) is 44.5 Å². The Balaban J connectivity index is 1.73. The van der Waals surface area contributed by atoms with Crippen LogP contribution in [0, 0.1) is 0 Å². The normalized spacial score (nSPS) is 11.7. The third kappa shape index (κ3) is 7.19. The van der Waals surface area contributed by atoms with Crippen LogP contribution in [0.2, 0.25) is 0 Å². The van der Waals surface area contributed by atoms with Crippen molar-refractivity contribution >= 4 is 5.69 Å². The van der Waals surface area contributed by atoms with Crippen LogP contribution in [0.4, 0.5) is 5.69 Å². The largest absolute Gasteiger partial charge is 0.373 e. The molecular weight excluding hydrogens is 318 g/mol. The van der Waals surface area contributed by atoms with Gasteiger partial charge in [-0.25, -0.2) is 0 Å². The van der Waals surface area contributed by atoms with E-state index >= 15 is 0 Å². The maximum atomic E-state index is 3.74. The van der Waals surface area contributed by atoms with Crippen molar-refractivity contribution in [1.29, 1.82) is 0 Å². The number of para-hydroxylation sites is 1. The second-order valence-corrected chi connectivity index (χ2v) is 7.67. The van der Waals surface area contributed by atoms with E-state index < -0.39 is 0 Å². The van der Waals surface area contributed by atoms with Crippen molar-refractivity contribution in [1.82, 2.24) is 10.2 Å². The number of nitrogens with one attached hydrogen (secondary N) is 1. The molecule has 0 aliphatic heterocycles. The molecule has 0 amide bonds. The molecule has 0 aromatic heterocycles. The maximum absolute atomic E-state index is 3.74. The standard InChI is InChI=1S/C23H35N3/c1-5-26(18-16-21-12-8-6-9-13-21)19-17-24-23(2,3)20-25(4)22-14-10-7-11-15-22/h6-15,24H,5,16-20H2,1-4H3. The van der Waals surface area contributed by atoms with Crippen molar-refractivity contribution in [3.05, 3.63) is 66.2 Å². The molecule has 0 saturated heterocycles. The minimum absolute atomic E-state index is 0.0729. The SMILES string of the molecule is CCN(CCNC(C)(C)CN(C)c1ccccc1)CCc1ccccc1. The number of likely N-dealkylation sites (N-methyl/N-ethyl adjacent to an activating group) is 2. The molecular formula is C23H35N3. The Morgan fingerprint density at radius 2 is 1.50 bits per heavy atom. The predicted molar refractivity (Wildman–Crippen MR) is 114 cm³/mol. The van der Waals surface area contributed by atoms with Gasteiger partial charge in [-0.3, -0.25) is 0 Å². The summed E-state index contributed by atoms with van der Waals surface area (Å²) in [5, 5.41) is 3.74. The van der Waals surface area contributed by atoms with E-state index in [-0.39, 0.29) is 5.54 Å². The molecule has 0 heterocycles. The van der Waals surface area contributed by atoms with E-state index in [2.05, 4.69) is 104 Å². The lowest BCUT2D eigenvalue weighted by Crippen LogP contribution is -2.50. The molecule has 0 saturated carbocycles. The highest BCUT2D eigenvalue weighted by Gasteiger charge is 2.19. The molecule has 0 radical (unpaired) electrons. The average molecular weight is 354 g/mol. The summed E-state index contributed by atoms with van der Waals surface area (Å²) in [6.07, 6.45) is 1.12. The van der Waals surface area contributed by atoms with E-state index in [1.807, 2.05) is 0 Å². The Morgan fingerprint density at radius 3 is 2.12 bits per heavy atom. The molecule has 1 N–H and O–H groups in total. The third-order valence-electron chi connectivity index (χ3n) is 4.87. The fourth-order valence-corrected chi connectivity index (χ4v) is 3.33. The molecule has 0 spiro atoms. The van der Waals surface area contributed by atoms with E-state index in [9.17, 15) is 0 Å². The number of rotatable bonds is 11. The summed E-state index contributed by atoms with van der Waals surface area (Å²) in [7, 11) is 2.16. The van der Waals surface area contributed by atoms with Gasteiger partial charge in [0.1, 0.15) is 0 Å². The third-order valence-corrected chi connectivity index (χ3v) is 4.87. The summed E-state index contributed by atoms with van der Waals surface area (Å²) in [6.45, 7) is 12.1. The van der Waals surface area contributed by atoms with Crippen molar-refractivity contribution < 1.29 is 0 Å². The van der Waals surface area contributed by atoms with E-state index in [1.165, 1.54) is 11.3 Å². The van der Waals surface area contributed by atoms with Crippen LogP contribution in [0.15, 0.2) is 60.7 Å². The smallest absolute Gasteiger partial charge is 0.0364 e. The first-order valence-electron chi connectivity index (χ1n) is 9.77. The summed E-state index contributed by atoms with van der Waals surface area (Å²) in [6, 6.07) is 21.4. The summed E-state index contributed by atoms with van der Waals surface area (Å²) in [5.41, 5.74) is 2.76. The second-order valence-electron chi connectivity index (χ2n) is 7.67. The van der Waals surface area contributed by atoms with Crippen LogP contribution in [-0.2, 0) is 6.42 Å². The van der Waals surface area contributed by atoms with Gasteiger partial charge < -0.3 is 15.1 Å². The van der Waals surface area contributed by atoms with Gasteiger partial charge in [0.05, 0.1) is 0 Å². The van der Waals surface area contributed by atoms with Crippen LogP contribution in [0.3, 0.4) is 0 Å². The monoisotopic (exact) mass is 353 g/mol. The van der Waals surface area contributed by atoms with Gasteiger partial charge in [-0.15, -0.1) is 0 Å². The van der Waals surface area contributed by atoms with Gasteiger partial charge in [0.15, 0.2) is 0 Å². The molecule has 0 aliphatic rings. The fourth-order valence-electron chi connectivity index (χ4n) is 3.33. The first kappa shape index (κ1) is 20.5. The maximum Gasteiger partial charge on any atom is 0.0364 e. The van der Waals surface area contributed by atoms with Gasteiger partial charge >= 0.3 is 0 Å². The van der Waals surface area contributed by atoms with E-state index in [4.69, 9.17) is 0 Å². The predicted octanol–water partition coefficient (Wildman–Crippen LogP) is 4.06. The topological polar surface area (TPSA) is 18.5 Å². The summed E-state index contributed by atoms with van der Waals surface area (Å²) in [4.78, 5) is 4.84. The number of benzene rings is 2. The zero-order valence-electron chi connectivity index (χ0n) is 16.9. The molecule has 3 nitrogen and oxygen atoms in total. The number of anilines is 1. The minimum atomic E-state index is 0.0729. The van der Waals surface area contributed by atoms with Crippen molar-refractivity contribution in [3.63, 3.8) is 0 Å². The molecule has 0 fully saturated rings. The van der Waals surface area contributed by atoms with Crippen molar-refractivity contribution in [3.8, 4) is 0 Å². The molecule has 26 heavy (non-hydrogen) atoms. The quantitative estimate of drug-likeness (QED) is 0.657. The molecule has 0 bridgehead atoms. The number of nitrogens with zero attached hydrogens (tertiary/aromatic N) is 2. The molecule has 2 rings (SSSR count). The summed E-state index contributed by atoms with van der Waals surface area (Å²) >= 11 is 0. The van der Waals surface area contributed by atoms with Crippen molar-refractivity contribution in [2.24, 2.45) is 0 Å². The van der Waals surface area contributed by atoms with E-state index in [0.29, 0.717) is 0 Å². The molecule has 2 aromatic carbocycles. The lowest BCUT2D eigenvalue weighted by molar-refractivity contribution is 0.272. The summed E-state index contributed by atoms with van der Waals surface area (Å²) < 4.78 is 0. The van der Waals surface area contributed by atoms with Gasteiger partial charge in [0.2, 0.25) is 0 Å². The Labute approximate surface area is 160 Å². The second kappa shape index (κ2) is 10.3. The minimum Gasteiger partial charge on any atom is -0.373 e. The average Bonchev–Trinajstić information content (AvgIpc) is 2.65. The van der Waals surface area contributed by atoms with Gasteiger partial charge in [0, 0.05) is 44.5 Å². The first-order valence-corrected chi connectivity index (χ1v) is 9.77. The molecule has 0 unspecified atom stereocenters. The van der Waals surface area contributed by atoms with Gasteiger partial charge in [-0.2, -0.15) is 0 Å². The Bertz CT molecular complexity index is 610. The molecule has 142 valence electrons. The van der Waals surface area contributed by atoms with Crippen LogP contribution < -0.4 is 10.2 Å². The Morgan fingerprint density at radius 1 is 0.885 bits per heavy atom. The van der Waals surface area contributed by atoms with Gasteiger partial charge in [-0.1, -0.05) is 55.5 Å². The van der Waals surface area contributed by atoms with Crippen LogP contribution in [0.25, 0.3) is 0 Å². The van der Waals surface area contributed by atoms with Crippen molar-refractivity contribution in [2.45, 2.75) is 32.7 Å². The molecule has 2 aromatic rings. The van der Waals surface area contributed by atoms with Gasteiger partial charge in [0.25, 0.3) is 0 Å². The highest BCUT2D eigenvalue weighted by atomic mass is 15.2. The lowest BCUT2D eigenvalue weighted by Gasteiger charge is -2.33. The zero-order chi connectivity index (χ0) is 18.8. The van der Waals surface area contributed by atoms with E-state index in [1.54, 1.807) is 0 Å². The van der Waals surface area contributed by atoms with Crippen molar-refractivity contribution in [2.75, 3.05) is 44.7 Å². The first-order chi connectivity index (χ1) is 12.5. The zero-order valence-corrected chi connectivity index (χ0v) is 16.9. The van der Waals surface area contributed by atoms with Crippen LogP contribution in [0.1, 0.15) is 26.3 Å². The van der Waals surface area contributed by atoms with E-state index in [0.717, 1.165) is 39.1 Å². The van der Waals surface area contributed by atoms with Crippen LogP contribution in [-0.4, -0.2) is 50.2 Å². The molecule has 0 aliphatic carbocycles. The fraction of sp³-hybridized carbons (Fsp3) is 0.478. The lowest BCUT2D eigenvalue weighted by atomic mass is 10.0. The number of hydrogen-bond donors (Lipinski definition) is 1. The number of hydrogen-bond acceptors (Lipinski definition) is 3. The highest BCUT2D eigenvalue weighted by molar-refractivity contribution is 5.45. The van der Waals surface area contributed by atoms with Crippen LogP contribution in [0.5, 0.6) is 0 Å². The Kier molecular flexibility index (Phi) is 8.14. The van der Waals surface area contributed by atoms with Crippen LogP contribution >= 0.6 is 0 Å². The summed E-state index contributed by atoms with van der Waals surface area (Å²) in [5.74, 6) is 0. The molecule has 0 atom stereocenters.